The number of benzene rings is 3. The molecular weight excluding hydrogens is 463 g/mol. The SMILES string of the molecule is COc1ccc(OCCCN2C(=O)COc3ccc(NC(=O)c4c(F)cccc4Cl)cc32)cc1. The van der Waals surface area contributed by atoms with Crippen LogP contribution in [0.1, 0.15) is 16.8 Å². The lowest BCUT2D eigenvalue weighted by Gasteiger charge is -2.30. The largest absolute Gasteiger partial charge is 0.497 e. The van der Waals surface area contributed by atoms with Crippen molar-refractivity contribution >= 4 is 34.8 Å². The van der Waals surface area contributed by atoms with Crippen LogP contribution in [0.2, 0.25) is 5.02 Å². The summed E-state index contributed by atoms with van der Waals surface area (Å²) in [6, 6.07) is 16.1. The predicted molar refractivity (Wildman–Crippen MR) is 127 cm³/mol. The van der Waals surface area contributed by atoms with Crippen molar-refractivity contribution in [3.05, 3.63) is 77.1 Å². The maximum atomic E-state index is 14.1. The molecule has 34 heavy (non-hydrogen) atoms. The Balaban J connectivity index is 1.43. The minimum absolute atomic E-state index is 0.00691. The summed E-state index contributed by atoms with van der Waals surface area (Å²) in [5.74, 6) is 0.329. The van der Waals surface area contributed by atoms with Crippen LogP contribution in [-0.4, -0.2) is 38.7 Å². The Bertz CT molecular complexity index is 1180. The molecule has 0 unspecified atom stereocenters. The van der Waals surface area contributed by atoms with Crippen LogP contribution in [0.3, 0.4) is 0 Å². The highest BCUT2D eigenvalue weighted by Crippen LogP contribution is 2.35. The third-order valence-electron chi connectivity index (χ3n) is 5.20. The topological polar surface area (TPSA) is 77.1 Å². The Hall–Kier alpha value is -3.78. The number of halogens is 2. The highest BCUT2D eigenvalue weighted by molar-refractivity contribution is 6.34. The van der Waals surface area contributed by atoms with Gasteiger partial charge < -0.3 is 24.4 Å². The van der Waals surface area contributed by atoms with Crippen molar-refractivity contribution in [3.8, 4) is 17.2 Å². The number of amides is 2. The maximum absolute atomic E-state index is 14.1. The van der Waals surface area contributed by atoms with Crippen LogP contribution in [0, 0.1) is 5.82 Å². The van der Waals surface area contributed by atoms with Gasteiger partial charge >= 0.3 is 0 Å². The van der Waals surface area contributed by atoms with Gasteiger partial charge in [0.05, 0.1) is 30.0 Å². The molecule has 2 amide bonds. The number of anilines is 2. The molecular formula is C25H22ClFN2O5. The van der Waals surface area contributed by atoms with Crippen LogP contribution in [0.25, 0.3) is 0 Å². The number of rotatable bonds is 8. The molecule has 3 aromatic rings. The second-order valence-electron chi connectivity index (χ2n) is 7.44. The summed E-state index contributed by atoms with van der Waals surface area (Å²) in [5, 5.41) is 2.64. The van der Waals surface area contributed by atoms with E-state index in [4.69, 9.17) is 25.8 Å². The maximum Gasteiger partial charge on any atom is 0.265 e. The van der Waals surface area contributed by atoms with Gasteiger partial charge in [-0.2, -0.15) is 0 Å². The first-order valence-corrected chi connectivity index (χ1v) is 10.9. The summed E-state index contributed by atoms with van der Waals surface area (Å²) in [6.45, 7) is 0.708. The number of nitrogens with one attached hydrogen (secondary N) is 1. The van der Waals surface area contributed by atoms with Gasteiger partial charge in [0.15, 0.2) is 6.61 Å². The zero-order valence-electron chi connectivity index (χ0n) is 18.3. The predicted octanol–water partition coefficient (Wildman–Crippen LogP) is 4.93. The summed E-state index contributed by atoms with van der Waals surface area (Å²) >= 11 is 5.99. The number of nitrogens with zero attached hydrogens (tertiary/aromatic N) is 1. The van der Waals surface area contributed by atoms with E-state index in [1.165, 1.54) is 12.1 Å². The van der Waals surface area contributed by atoms with Crippen molar-refractivity contribution in [1.82, 2.24) is 0 Å². The lowest BCUT2D eigenvalue weighted by Crippen LogP contribution is -2.39. The zero-order chi connectivity index (χ0) is 24.1. The van der Waals surface area contributed by atoms with E-state index >= 15 is 0 Å². The number of methoxy groups -OCH3 is 1. The molecule has 0 bridgehead atoms. The second kappa shape index (κ2) is 10.4. The fourth-order valence-electron chi connectivity index (χ4n) is 3.52. The van der Waals surface area contributed by atoms with Crippen molar-refractivity contribution < 1.29 is 28.2 Å². The fraction of sp³-hybridized carbons (Fsp3) is 0.200. The Kier molecular flexibility index (Phi) is 7.18. The van der Waals surface area contributed by atoms with Crippen LogP contribution in [0.15, 0.2) is 60.7 Å². The van der Waals surface area contributed by atoms with E-state index in [1.807, 2.05) is 12.1 Å². The van der Waals surface area contributed by atoms with E-state index in [1.54, 1.807) is 42.3 Å². The average Bonchev–Trinajstić information content (AvgIpc) is 2.83. The molecule has 0 spiro atoms. The van der Waals surface area contributed by atoms with Crippen molar-refractivity contribution in [2.24, 2.45) is 0 Å². The smallest absolute Gasteiger partial charge is 0.265 e. The first kappa shape index (κ1) is 23.4. The van der Waals surface area contributed by atoms with Crippen molar-refractivity contribution in [2.45, 2.75) is 6.42 Å². The van der Waals surface area contributed by atoms with Crippen LogP contribution < -0.4 is 24.4 Å². The first-order chi connectivity index (χ1) is 16.5. The van der Waals surface area contributed by atoms with E-state index in [-0.39, 0.29) is 23.1 Å². The molecule has 0 aliphatic carbocycles. The average molecular weight is 485 g/mol. The first-order valence-electron chi connectivity index (χ1n) is 10.6. The summed E-state index contributed by atoms with van der Waals surface area (Å²) in [7, 11) is 1.60. The molecule has 0 radical (unpaired) electrons. The standard InChI is InChI=1S/C25H22ClFN2O5/c1-32-17-7-9-18(10-8-17)33-13-3-12-29-21-14-16(6-11-22(21)34-15-23(29)30)28-25(31)24-19(26)4-2-5-20(24)27/h2,4-11,14H,3,12-13,15H2,1H3,(H,28,31). The highest BCUT2D eigenvalue weighted by Gasteiger charge is 2.26. The van der Waals surface area contributed by atoms with E-state index in [9.17, 15) is 14.0 Å². The molecule has 0 fully saturated rings. The van der Waals surface area contributed by atoms with E-state index in [0.29, 0.717) is 42.4 Å². The monoisotopic (exact) mass is 484 g/mol. The number of hydrogen-bond donors (Lipinski definition) is 1. The molecule has 4 rings (SSSR count). The van der Waals surface area contributed by atoms with Crippen molar-refractivity contribution in [2.75, 3.05) is 37.1 Å². The zero-order valence-corrected chi connectivity index (χ0v) is 19.1. The van der Waals surface area contributed by atoms with E-state index < -0.39 is 11.7 Å². The summed E-state index contributed by atoms with van der Waals surface area (Å²) in [6.07, 6.45) is 0.568. The molecule has 0 atom stereocenters. The van der Waals surface area contributed by atoms with Crippen LogP contribution in [0.5, 0.6) is 17.2 Å². The van der Waals surface area contributed by atoms with Gasteiger partial charge in [-0.1, -0.05) is 17.7 Å². The molecule has 0 saturated carbocycles. The third-order valence-corrected chi connectivity index (χ3v) is 5.52. The van der Waals surface area contributed by atoms with Gasteiger partial charge in [-0.15, -0.1) is 0 Å². The van der Waals surface area contributed by atoms with Gasteiger partial charge in [0.2, 0.25) is 0 Å². The Morgan fingerprint density at radius 2 is 1.91 bits per heavy atom. The number of carbonyl (C=O) groups is 2. The molecule has 7 nitrogen and oxygen atoms in total. The third kappa shape index (κ3) is 5.23. The van der Waals surface area contributed by atoms with E-state index in [0.717, 1.165) is 11.8 Å². The number of hydrogen-bond acceptors (Lipinski definition) is 5. The normalized spacial score (nSPS) is 12.6. The second-order valence-corrected chi connectivity index (χ2v) is 7.85. The van der Waals surface area contributed by atoms with Crippen LogP contribution in [0.4, 0.5) is 15.8 Å². The lowest BCUT2D eigenvalue weighted by molar-refractivity contribution is -0.121. The molecule has 9 heteroatoms. The molecule has 3 aromatic carbocycles. The van der Waals surface area contributed by atoms with Crippen LogP contribution in [-0.2, 0) is 4.79 Å². The summed E-state index contributed by atoms with van der Waals surface area (Å²) in [5.41, 5.74) is 0.640. The van der Waals surface area contributed by atoms with Gasteiger partial charge in [0, 0.05) is 12.2 Å². The van der Waals surface area contributed by atoms with Crippen molar-refractivity contribution in [1.29, 1.82) is 0 Å². The number of ether oxygens (including phenoxy) is 3. The van der Waals surface area contributed by atoms with E-state index in [2.05, 4.69) is 5.32 Å². The minimum atomic E-state index is -0.722. The summed E-state index contributed by atoms with van der Waals surface area (Å²) < 4.78 is 30.5. The molecule has 1 heterocycles. The molecule has 0 saturated heterocycles. The van der Waals surface area contributed by atoms with Gasteiger partial charge in [-0.05, 0) is 61.0 Å². The van der Waals surface area contributed by atoms with Gasteiger partial charge in [-0.25, -0.2) is 4.39 Å². The number of fused-ring (bicyclic) bond motifs is 1. The Morgan fingerprint density at radius 1 is 1.15 bits per heavy atom. The molecule has 1 aliphatic rings. The quantitative estimate of drug-likeness (QED) is 0.458. The molecule has 0 aromatic heterocycles. The van der Waals surface area contributed by atoms with Crippen molar-refractivity contribution in [3.63, 3.8) is 0 Å². The Labute approximate surface area is 201 Å². The number of carbonyl (C=O) groups excluding carboxylic acids is 2. The van der Waals surface area contributed by atoms with Crippen LogP contribution >= 0.6 is 11.6 Å². The highest BCUT2D eigenvalue weighted by atomic mass is 35.5. The minimum Gasteiger partial charge on any atom is -0.497 e. The van der Waals surface area contributed by atoms with Gasteiger partial charge in [0.25, 0.3) is 11.8 Å². The molecule has 1 aliphatic heterocycles. The van der Waals surface area contributed by atoms with Gasteiger partial charge in [0.1, 0.15) is 23.1 Å². The molecule has 1 N–H and O–H groups in total. The molecule has 176 valence electrons. The fourth-order valence-corrected chi connectivity index (χ4v) is 3.77. The Morgan fingerprint density at radius 3 is 2.65 bits per heavy atom. The lowest BCUT2D eigenvalue weighted by atomic mass is 10.1. The van der Waals surface area contributed by atoms with Gasteiger partial charge in [-0.3, -0.25) is 9.59 Å². The summed E-state index contributed by atoms with van der Waals surface area (Å²) in [4.78, 5) is 26.7.